The molecular formula is C47H62N2O8. The van der Waals surface area contributed by atoms with Gasteiger partial charge in [0.25, 0.3) is 0 Å². The Labute approximate surface area is 338 Å². The molecule has 4 aromatic carbocycles. The van der Waals surface area contributed by atoms with Crippen LogP contribution in [-0.2, 0) is 0 Å². The summed E-state index contributed by atoms with van der Waals surface area (Å²) in [5, 5.41) is 44.0. The Kier molecular flexibility index (Phi) is 16.9. The van der Waals surface area contributed by atoms with E-state index in [1.54, 1.807) is 0 Å². The van der Waals surface area contributed by atoms with Gasteiger partial charge in [0.1, 0.15) is 73.8 Å². The molecule has 2 aliphatic carbocycles. The number of rotatable bonds is 26. The SMILES string of the molecule is OC(COc1ccccc1)CN(CCCC1CC2CC1CC2CN(CC(O)COc1ccccc1)CC(O)COc1ccccc1)CC(O)COc1ccccc1. The van der Waals surface area contributed by atoms with Crippen LogP contribution >= 0.6 is 0 Å². The van der Waals surface area contributed by atoms with Crippen LogP contribution in [0.4, 0.5) is 0 Å². The lowest BCUT2D eigenvalue weighted by molar-refractivity contribution is 0.0201. The molecule has 2 fully saturated rings. The van der Waals surface area contributed by atoms with Crippen LogP contribution in [0.2, 0.25) is 0 Å². The Balaban J connectivity index is 0.980. The number of ether oxygens (including phenoxy) is 4. The predicted octanol–water partition coefficient (Wildman–Crippen LogP) is 5.79. The maximum Gasteiger partial charge on any atom is 0.119 e. The molecule has 8 atom stereocenters. The van der Waals surface area contributed by atoms with Crippen molar-refractivity contribution in [1.29, 1.82) is 0 Å². The molecule has 0 heterocycles. The molecule has 10 heteroatoms. The maximum absolute atomic E-state index is 11.0. The van der Waals surface area contributed by atoms with Crippen LogP contribution in [0.1, 0.15) is 32.1 Å². The fraction of sp³-hybridized carbons (Fsp3) is 0.489. The van der Waals surface area contributed by atoms with Crippen molar-refractivity contribution in [3.8, 4) is 23.0 Å². The number of hydrogen-bond acceptors (Lipinski definition) is 10. The van der Waals surface area contributed by atoms with E-state index in [1.165, 1.54) is 12.8 Å². The zero-order chi connectivity index (χ0) is 39.7. The number of nitrogens with zero attached hydrogens (tertiary/aromatic N) is 2. The molecule has 2 aliphatic rings. The third kappa shape index (κ3) is 14.6. The molecule has 4 N–H and O–H groups in total. The summed E-state index contributed by atoms with van der Waals surface area (Å²) >= 11 is 0. The first-order valence-electron chi connectivity index (χ1n) is 20.7. The summed E-state index contributed by atoms with van der Waals surface area (Å²) in [6.07, 6.45) is 2.82. The van der Waals surface area contributed by atoms with Crippen molar-refractivity contribution >= 4 is 0 Å². The molecule has 0 aliphatic heterocycles. The number of aliphatic hydroxyl groups is 4. The van der Waals surface area contributed by atoms with Gasteiger partial charge in [0.15, 0.2) is 0 Å². The second-order valence-electron chi connectivity index (χ2n) is 16.0. The van der Waals surface area contributed by atoms with Crippen molar-refractivity contribution in [3.63, 3.8) is 0 Å². The number of benzene rings is 4. The largest absolute Gasteiger partial charge is 0.491 e. The minimum Gasteiger partial charge on any atom is -0.491 e. The van der Waals surface area contributed by atoms with E-state index in [4.69, 9.17) is 18.9 Å². The standard InChI is InChI=1S/C47H62N2O8/c50-40(32-54-44-15-5-1-6-16-44)28-48(29-41(51)33-55-45-17-7-2-8-18-45)23-13-14-36-24-38-25-37(36)26-39(38)27-49(30-42(52)34-56-46-19-9-3-10-20-46)31-43(53)35-57-47-21-11-4-12-22-47/h1-12,15-22,36-43,50-53H,13-14,23-35H2. The Hall–Kier alpha value is -4.16. The van der Waals surface area contributed by atoms with E-state index in [0.717, 1.165) is 55.4 Å². The number of aliphatic hydroxyl groups excluding tert-OH is 4. The average molecular weight is 783 g/mol. The van der Waals surface area contributed by atoms with E-state index >= 15 is 0 Å². The molecule has 2 saturated carbocycles. The zero-order valence-electron chi connectivity index (χ0n) is 33.1. The van der Waals surface area contributed by atoms with Crippen LogP contribution in [0.3, 0.4) is 0 Å². The lowest BCUT2D eigenvalue weighted by Gasteiger charge is -2.34. The second-order valence-corrected chi connectivity index (χ2v) is 16.0. The van der Waals surface area contributed by atoms with Gasteiger partial charge in [-0.2, -0.15) is 0 Å². The molecule has 2 bridgehead atoms. The highest BCUT2D eigenvalue weighted by atomic mass is 16.5. The molecule has 0 spiro atoms. The Morgan fingerprint density at radius 3 is 1.12 bits per heavy atom. The molecule has 8 unspecified atom stereocenters. The summed E-state index contributed by atoms with van der Waals surface area (Å²) in [5.74, 6) is 5.31. The van der Waals surface area contributed by atoms with Crippen molar-refractivity contribution in [1.82, 2.24) is 9.80 Å². The first kappa shape index (κ1) is 42.4. The minimum absolute atomic E-state index is 0.177. The predicted molar refractivity (Wildman–Crippen MR) is 222 cm³/mol. The Bertz CT molecular complexity index is 1550. The van der Waals surface area contributed by atoms with Crippen LogP contribution < -0.4 is 18.9 Å². The molecule has 57 heavy (non-hydrogen) atoms. The van der Waals surface area contributed by atoms with Gasteiger partial charge in [-0.05, 0) is 111 Å². The normalized spacial score (nSPS) is 20.9. The van der Waals surface area contributed by atoms with E-state index in [1.807, 2.05) is 121 Å². The number of fused-ring (bicyclic) bond motifs is 2. The van der Waals surface area contributed by atoms with Gasteiger partial charge in [0, 0.05) is 32.7 Å². The molecular weight excluding hydrogens is 721 g/mol. The van der Waals surface area contributed by atoms with Crippen molar-refractivity contribution in [3.05, 3.63) is 121 Å². The highest BCUT2D eigenvalue weighted by molar-refractivity contribution is 5.23. The molecule has 308 valence electrons. The first-order valence-corrected chi connectivity index (χ1v) is 20.7. The number of hydrogen-bond donors (Lipinski definition) is 4. The van der Waals surface area contributed by atoms with E-state index in [0.29, 0.717) is 49.9 Å². The summed E-state index contributed by atoms with van der Waals surface area (Å²) in [4.78, 5) is 4.35. The molecule has 0 saturated heterocycles. The summed E-state index contributed by atoms with van der Waals surface area (Å²) in [7, 11) is 0. The minimum atomic E-state index is -0.703. The van der Waals surface area contributed by atoms with Gasteiger partial charge in [0.2, 0.25) is 0 Å². The van der Waals surface area contributed by atoms with Gasteiger partial charge < -0.3 is 39.4 Å². The lowest BCUT2D eigenvalue weighted by Crippen LogP contribution is -2.44. The fourth-order valence-corrected chi connectivity index (χ4v) is 8.72. The molecule has 0 aromatic heterocycles. The van der Waals surface area contributed by atoms with Crippen LogP contribution in [0.15, 0.2) is 121 Å². The molecule has 6 rings (SSSR count). The molecule has 0 amide bonds. The van der Waals surface area contributed by atoms with Crippen LogP contribution in [-0.4, -0.2) is 120 Å². The fourth-order valence-electron chi connectivity index (χ4n) is 8.72. The monoisotopic (exact) mass is 782 g/mol. The second kappa shape index (κ2) is 22.7. The van der Waals surface area contributed by atoms with E-state index in [9.17, 15) is 20.4 Å². The number of para-hydroxylation sites is 4. The third-order valence-corrected chi connectivity index (χ3v) is 11.3. The maximum atomic E-state index is 11.0. The zero-order valence-corrected chi connectivity index (χ0v) is 33.1. The summed E-state index contributed by atoms with van der Waals surface area (Å²) in [6.45, 7) is 3.91. The lowest BCUT2D eigenvalue weighted by atomic mass is 9.79. The van der Waals surface area contributed by atoms with Gasteiger partial charge in [-0.1, -0.05) is 72.8 Å². The topological polar surface area (TPSA) is 124 Å². The molecule has 0 radical (unpaired) electrons. The van der Waals surface area contributed by atoms with Crippen LogP contribution in [0.25, 0.3) is 0 Å². The Morgan fingerprint density at radius 1 is 0.439 bits per heavy atom. The van der Waals surface area contributed by atoms with Gasteiger partial charge in [-0.3, -0.25) is 9.80 Å². The van der Waals surface area contributed by atoms with Gasteiger partial charge in [-0.15, -0.1) is 0 Å². The van der Waals surface area contributed by atoms with E-state index < -0.39 is 24.4 Å². The quantitative estimate of drug-likeness (QED) is 0.0623. The van der Waals surface area contributed by atoms with Crippen molar-refractivity contribution < 1.29 is 39.4 Å². The smallest absolute Gasteiger partial charge is 0.119 e. The van der Waals surface area contributed by atoms with Crippen molar-refractivity contribution in [2.45, 2.75) is 56.5 Å². The van der Waals surface area contributed by atoms with Crippen molar-refractivity contribution in [2.75, 3.05) is 65.7 Å². The van der Waals surface area contributed by atoms with Crippen LogP contribution in [0, 0.1) is 23.7 Å². The summed E-state index contributed by atoms with van der Waals surface area (Å²) in [6, 6.07) is 38.1. The third-order valence-electron chi connectivity index (χ3n) is 11.3. The van der Waals surface area contributed by atoms with E-state index in [2.05, 4.69) is 9.80 Å². The Morgan fingerprint density at radius 2 is 0.772 bits per heavy atom. The molecule has 4 aromatic rings. The summed E-state index contributed by atoms with van der Waals surface area (Å²) < 4.78 is 23.4. The van der Waals surface area contributed by atoms with Gasteiger partial charge >= 0.3 is 0 Å². The molecule has 10 nitrogen and oxygen atoms in total. The van der Waals surface area contributed by atoms with Crippen molar-refractivity contribution in [2.24, 2.45) is 23.7 Å². The highest BCUT2D eigenvalue weighted by Gasteiger charge is 2.45. The average Bonchev–Trinajstić information content (AvgIpc) is 3.82. The van der Waals surface area contributed by atoms with Crippen LogP contribution in [0.5, 0.6) is 23.0 Å². The van der Waals surface area contributed by atoms with Gasteiger partial charge in [-0.25, -0.2) is 0 Å². The summed E-state index contributed by atoms with van der Waals surface area (Å²) in [5.41, 5.74) is 0. The van der Waals surface area contributed by atoms with Gasteiger partial charge in [0.05, 0.1) is 0 Å². The highest BCUT2D eigenvalue weighted by Crippen LogP contribution is 2.53. The first-order chi connectivity index (χ1) is 27.9. The van der Waals surface area contributed by atoms with E-state index in [-0.39, 0.29) is 26.4 Å².